The lowest BCUT2D eigenvalue weighted by Crippen LogP contribution is -2.08. The highest BCUT2D eigenvalue weighted by Gasteiger charge is 1.97. The standard InChI is InChI=1S/C11H9BrN2OS/c12-9-3-1-8(2-4-9)7-16-10-5-6-13-11(15)14-10/h1-6H,7H2,(H,13,14,15). The summed E-state index contributed by atoms with van der Waals surface area (Å²) >= 11 is 4.97. The molecule has 0 unspecified atom stereocenters. The van der Waals surface area contributed by atoms with Crippen LogP contribution >= 0.6 is 27.7 Å². The van der Waals surface area contributed by atoms with Gasteiger partial charge in [-0.2, -0.15) is 0 Å². The van der Waals surface area contributed by atoms with Gasteiger partial charge in [-0.1, -0.05) is 28.1 Å². The lowest BCUT2D eigenvalue weighted by molar-refractivity contribution is 0.978. The summed E-state index contributed by atoms with van der Waals surface area (Å²) in [5.41, 5.74) is 0.909. The van der Waals surface area contributed by atoms with Gasteiger partial charge in [0.2, 0.25) is 0 Å². The summed E-state index contributed by atoms with van der Waals surface area (Å²) in [5.74, 6) is 0.827. The van der Waals surface area contributed by atoms with Crippen molar-refractivity contribution in [3.8, 4) is 0 Å². The third-order valence-corrected chi connectivity index (χ3v) is 3.51. The van der Waals surface area contributed by atoms with Gasteiger partial charge in [0.25, 0.3) is 0 Å². The average Bonchev–Trinajstić information content (AvgIpc) is 2.28. The van der Waals surface area contributed by atoms with Crippen LogP contribution < -0.4 is 5.69 Å². The second kappa shape index (κ2) is 5.32. The minimum atomic E-state index is -0.305. The molecular weight excluding hydrogens is 288 g/mol. The first kappa shape index (κ1) is 11.4. The van der Waals surface area contributed by atoms with Gasteiger partial charge in [-0.15, -0.1) is 11.8 Å². The third-order valence-electron chi connectivity index (χ3n) is 1.96. The number of nitrogens with zero attached hydrogens (tertiary/aromatic N) is 1. The van der Waals surface area contributed by atoms with E-state index in [-0.39, 0.29) is 5.69 Å². The van der Waals surface area contributed by atoms with Crippen LogP contribution in [0.25, 0.3) is 0 Å². The summed E-state index contributed by atoms with van der Waals surface area (Å²) in [5, 5.41) is 0.836. The Labute approximate surface area is 105 Å². The second-order valence-electron chi connectivity index (χ2n) is 3.15. The molecule has 1 aromatic carbocycles. The van der Waals surface area contributed by atoms with Crippen molar-refractivity contribution in [2.75, 3.05) is 0 Å². The van der Waals surface area contributed by atoms with Crippen molar-refractivity contribution in [2.45, 2.75) is 10.8 Å². The number of benzene rings is 1. The molecule has 0 atom stereocenters. The van der Waals surface area contributed by atoms with Gasteiger partial charge in [0, 0.05) is 16.4 Å². The van der Waals surface area contributed by atoms with E-state index >= 15 is 0 Å². The first-order valence-electron chi connectivity index (χ1n) is 4.66. The minimum Gasteiger partial charge on any atom is -0.300 e. The highest BCUT2D eigenvalue weighted by atomic mass is 79.9. The molecule has 1 heterocycles. The number of aromatic amines is 1. The third kappa shape index (κ3) is 3.21. The first-order chi connectivity index (χ1) is 7.74. The number of nitrogens with one attached hydrogen (secondary N) is 1. The highest BCUT2D eigenvalue weighted by Crippen LogP contribution is 2.20. The maximum absolute atomic E-state index is 11.0. The van der Waals surface area contributed by atoms with Crippen LogP contribution in [0.5, 0.6) is 0 Å². The molecule has 0 bridgehead atoms. The molecule has 0 fully saturated rings. The number of hydrogen-bond donors (Lipinski definition) is 1. The van der Waals surface area contributed by atoms with E-state index in [4.69, 9.17) is 0 Å². The average molecular weight is 297 g/mol. The van der Waals surface area contributed by atoms with Crippen molar-refractivity contribution in [3.63, 3.8) is 0 Å². The number of aromatic nitrogens is 2. The smallest absolute Gasteiger partial charge is 0.300 e. The van der Waals surface area contributed by atoms with Gasteiger partial charge in [-0.25, -0.2) is 9.78 Å². The predicted octanol–water partition coefficient (Wildman–Crippen LogP) is 2.82. The molecule has 3 nitrogen and oxygen atoms in total. The van der Waals surface area contributed by atoms with Crippen LogP contribution in [0.1, 0.15) is 5.56 Å². The van der Waals surface area contributed by atoms with E-state index in [0.29, 0.717) is 0 Å². The zero-order valence-electron chi connectivity index (χ0n) is 8.31. The molecule has 16 heavy (non-hydrogen) atoms. The summed E-state index contributed by atoms with van der Waals surface area (Å²) < 4.78 is 1.07. The largest absolute Gasteiger partial charge is 0.345 e. The van der Waals surface area contributed by atoms with Gasteiger partial charge < -0.3 is 4.98 Å². The number of H-pyrrole nitrogens is 1. The fourth-order valence-corrected chi connectivity index (χ4v) is 2.27. The van der Waals surface area contributed by atoms with Crippen LogP contribution in [-0.2, 0) is 5.75 Å². The zero-order valence-corrected chi connectivity index (χ0v) is 10.7. The predicted molar refractivity (Wildman–Crippen MR) is 68.6 cm³/mol. The van der Waals surface area contributed by atoms with Crippen LogP contribution in [0, 0.1) is 0 Å². The molecule has 0 aliphatic rings. The lowest BCUT2D eigenvalue weighted by atomic mass is 10.2. The Kier molecular flexibility index (Phi) is 3.79. The topological polar surface area (TPSA) is 45.8 Å². The van der Waals surface area contributed by atoms with Gasteiger partial charge in [0.05, 0.1) is 5.03 Å². The van der Waals surface area contributed by atoms with E-state index in [1.54, 1.807) is 17.8 Å². The van der Waals surface area contributed by atoms with Gasteiger partial charge in [0.1, 0.15) is 0 Å². The number of hydrogen-bond acceptors (Lipinski definition) is 3. The van der Waals surface area contributed by atoms with E-state index in [1.165, 1.54) is 11.8 Å². The first-order valence-corrected chi connectivity index (χ1v) is 6.44. The molecule has 2 aromatic rings. The van der Waals surface area contributed by atoms with Gasteiger partial charge in [-0.05, 0) is 23.8 Å². The number of thioether (sulfide) groups is 1. The summed E-state index contributed by atoms with van der Waals surface area (Å²) in [7, 11) is 0. The molecule has 0 saturated carbocycles. The molecule has 0 aliphatic heterocycles. The van der Waals surface area contributed by atoms with Crippen LogP contribution in [0.3, 0.4) is 0 Å². The number of rotatable bonds is 3. The quantitative estimate of drug-likeness (QED) is 0.700. The Hall–Kier alpha value is -1.07. The molecule has 0 radical (unpaired) electrons. The molecule has 0 amide bonds. The Morgan fingerprint density at radius 2 is 2.00 bits per heavy atom. The molecule has 2 rings (SSSR count). The van der Waals surface area contributed by atoms with E-state index in [0.717, 1.165) is 15.3 Å². The Bertz CT molecular complexity index is 524. The van der Waals surface area contributed by atoms with Crippen molar-refractivity contribution < 1.29 is 0 Å². The molecule has 1 N–H and O–H groups in total. The van der Waals surface area contributed by atoms with Crippen LogP contribution in [0.4, 0.5) is 0 Å². The van der Waals surface area contributed by atoms with Crippen molar-refractivity contribution in [1.82, 2.24) is 9.97 Å². The van der Waals surface area contributed by atoms with Crippen molar-refractivity contribution in [2.24, 2.45) is 0 Å². The maximum Gasteiger partial charge on any atom is 0.345 e. The normalized spacial score (nSPS) is 10.3. The van der Waals surface area contributed by atoms with Gasteiger partial charge >= 0.3 is 5.69 Å². The number of halogens is 1. The van der Waals surface area contributed by atoms with E-state index in [1.807, 2.05) is 12.1 Å². The molecular formula is C11H9BrN2OS. The van der Waals surface area contributed by atoms with Crippen LogP contribution in [0.2, 0.25) is 0 Å². The molecule has 0 aliphatic carbocycles. The van der Waals surface area contributed by atoms with Crippen LogP contribution in [0.15, 0.2) is 50.8 Å². The van der Waals surface area contributed by atoms with Gasteiger partial charge in [-0.3, -0.25) is 0 Å². The Balaban J connectivity index is 2.02. The SMILES string of the molecule is O=c1nccc(SCc2ccc(Br)cc2)[nH]1. The second-order valence-corrected chi connectivity index (χ2v) is 5.09. The maximum atomic E-state index is 11.0. The van der Waals surface area contributed by atoms with Crippen molar-refractivity contribution in [1.29, 1.82) is 0 Å². The van der Waals surface area contributed by atoms with Crippen molar-refractivity contribution in [3.05, 3.63) is 57.0 Å². The van der Waals surface area contributed by atoms with Gasteiger partial charge in [0.15, 0.2) is 0 Å². The summed E-state index contributed by atoms with van der Waals surface area (Å²) in [6.07, 6.45) is 1.52. The van der Waals surface area contributed by atoms with Crippen LogP contribution in [-0.4, -0.2) is 9.97 Å². The summed E-state index contributed by atoms with van der Waals surface area (Å²) in [6.45, 7) is 0. The lowest BCUT2D eigenvalue weighted by Gasteiger charge is -2.01. The Morgan fingerprint density at radius 3 is 2.69 bits per heavy atom. The highest BCUT2D eigenvalue weighted by molar-refractivity contribution is 9.10. The van der Waals surface area contributed by atoms with E-state index in [9.17, 15) is 4.79 Å². The summed E-state index contributed by atoms with van der Waals surface area (Å²) in [6, 6.07) is 9.91. The summed E-state index contributed by atoms with van der Waals surface area (Å²) in [4.78, 5) is 17.2. The molecule has 0 spiro atoms. The molecule has 0 saturated heterocycles. The monoisotopic (exact) mass is 296 g/mol. The van der Waals surface area contributed by atoms with E-state index in [2.05, 4.69) is 38.0 Å². The minimum absolute atomic E-state index is 0.305. The van der Waals surface area contributed by atoms with Crippen molar-refractivity contribution >= 4 is 27.7 Å². The molecule has 1 aromatic heterocycles. The fourth-order valence-electron chi connectivity index (χ4n) is 1.18. The molecule has 5 heteroatoms. The Morgan fingerprint density at radius 1 is 1.25 bits per heavy atom. The fraction of sp³-hybridized carbons (Fsp3) is 0.0909. The molecule has 82 valence electrons. The van der Waals surface area contributed by atoms with E-state index < -0.39 is 0 Å². The zero-order chi connectivity index (χ0) is 11.4.